The first-order chi connectivity index (χ1) is 10.1. The van der Waals surface area contributed by atoms with E-state index in [0.717, 1.165) is 10.0 Å². The highest BCUT2D eigenvalue weighted by atomic mass is 79.9. The minimum atomic E-state index is -1.01. The molecule has 0 fully saturated rings. The van der Waals surface area contributed by atoms with Gasteiger partial charge in [0.25, 0.3) is 0 Å². The van der Waals surface area contributed by atoms with Gasteiger partial charge in [0, 0.05) is 21.3 Å². The van der Waals surface area contributed by atoms with Crippen molar-refractivity contribution in [2.75, 3.05) is 6.61 Å². The van der Waals surface area contributed by atoms with Crippen molar-refractivity contribution in [2.45, 2.75) is 17.9 Å². The normalized spacial score (nSPS) is 22.0. The molecule has 0 saturated carbocycles. The van der Waals surface area contributed by atoms with Crippen LogP contribution in [-0.4, -0.2) is 11.7 Å². The summed E-state index contributed by atoms with van der Waals surface area (Å²) >= 11 is 10.7. The van der Waals surface area contributed by atoms with E-state index >= 15 is 0 Å². The van der Waals surface area contributed by atoms with E-state index in [-0.39, 0.29) is 0 Å². The maximum absolute atomic E-state index is 10.8. The van der Waals surface area contributed by atoms with Gasteiger partial charge < -0.3 is 9.84 Å². The minimum absolute atomic E-state index is 0.405. The first kappa shape index (κ1) is 14.9. The number of halogens is 2. The lowest BCUT2D eigenvalue weighted by Gasteiger charge is -2.36. The molecule has 1 aliphatic rings. The van der Waals surface area contributed by atoms with Crippen LogP contribution in [0.4, 0.5) is 0 Å². The summed E-state index contributed by atoms with van der Waals surface area (Å²) in [5.41, 5.74) is -0.283. The Labute approximate surface area is 139 Å². The number of benzene rings is 1. The Balaban J connectivity index is 2.12. The third-order valence-electron chi connectivity index (χ3n) is 3.72. The first-order valence-electron chi connectivity index (χ1n) is 6.35. The number of ether oxygens (including phenoxy) is 1. The van der Waals surface area contributed by atoms with Gasteiger partial charge in [-0.1, -0.05) is 29.8 Å². The molecule has 2 heterocycles. The number of fused-ring (bicyclic) bond motifs is 1. The van der Waals surface area contributed by atoms with E-state index in [1.807, 2.05) is 24.3 Å². The Hall–Kier alpha value is -1.06. The highest BCUT2D eigenvalue weighted by Crippen LogP contribution is 2.49. The van der Waals surface area contributed by atoms with Crippen molar-refractivity contribution >= 4 is 38.9 Å². The number of aliphatic hydroxyl groups is 1. The third kappa shape index (κ3) is 2.36. The molecule has 0 bridgehead atoms. The molecule has 2 aromatic rings. The Bertz CT molecular complexity index is 707. The van der Waals surface area contributed by atoms with Crippen molar-refractivity contribution in [3.63, 3.8) is 0 Å². The maximum atomic E-state index is 10.8. The highest BCUT2D eigenvalue weighted by Gasteiger charge is 2.45. The van der Waals surface area contributed by atoms with Crippen LogP contribution in [0, 0.1) is 11.3 Å². The summed E-state index contributed by atoms with van der Waals surface area (Å²) < 4.78 is 6.90. The third-order valence-corrected chi connectivity index (χ3v) is 6.25. The van der Waals surface area contributed by atoms with E-state index in [9.17, 15) is 10.4 Å². The van der Waals surface area contributed by atoms with Crippen LogP contribution in [0.5, 0.6) is 5.75 Å². The summed E-state index contributed by atoms with van der Waals surface area (Å²) in [4.78, 5) is 0.671. The predicted molar refractivity (Wildman–Crippen MR) is 85.8 cm³/mol. The largest absolute Gasteiger partial charge is 0.493 e. The molecule has 0 radical (unpaired) electrons. The number of aliphatic hydroxyl groups excluding tert-OH is 1. The van der Waals surface area contributed by atoms with Gasteiger partial charge in [0.2, 0.25) is 0 Å². The summed E-state index contributed by atoms with van der Waals surface area (Å²) in [5.74, 6) is 0.658. The lowest BCUT2D eigenvalue weighted by atomic mass is 9.72. The summed E-state index contributed by atoms with van der Waals surface area (Å²) in [6.07, 6.45) is -0.504. The summed E-state index contributed by atoms with van der Waals surface area (Å²) in [5, 5.41) is 20.6. The highest BCUT2D eigenvalue weighted by molar-refractivity contribution is 9.10. The fraction of sp³-hybridized carbons (Fsp3) is 0.267. The van der Waals surface area contributed by atoms with E-state index in [0.29, 0.717) is 28.0 Å². The quantitative estimate of drug-likeness (QED) is 0.832. The molecular formula is C15H11BrClNO2S. The van der Waals surface area contributed by atoms with Gasteiger partial charge in [-0.05, 0) is 28.1 Å². The van der Waals surface area contributed by atoms with Gasteiger partial charge >= 0.3 is 0 Å². The Kier molecular flexibility index (Phi) is 3.98. The molecule has 1 N–H and O–H groups in total. The molecule has 2 atom stereocenters. The summed E-state index contributed by atoms with van der Waals surface area (Å²) in [6.45, 7) is 0.405. The van der Waals surface area contributed by atoms with E-state index in [2.05, 4.69) is 22.0 Å². The van der Waals surface area contributed by atoms with Crippen LogP contribution in [0.25, 0.3) is 0 Å². The molecule has 2 unspecified atom stereocenters. The molecule has 0 spiro atoms. The van der Waals surface area contributed by atoms with Crippen molar-refractivity contribution in [1.82, 2.24) is 0 Å². The zero-order chi connectivity index (χ0) is 15.0. The van der Waals surface area contributed by atoms with Crippen LogP contribution >= 0.6 is 38.9 Å². The van der Waals surface area contributed by atoms with Gasteiger partial charge in [-0.2, -0.15) is 5.26 Å². The number of para-hydroxylation sites is 1. The second kappa shape index (κ2) is 5.62. The van der Waals surface area contributed by atoms with E-state index in [4.69, 9.17) is 16.3 Å². The van der Waals surface area contributed by atoms with Crippen LogP contribution in [0.3, 0.4) is 0 Å². The second-order valence-corrected chi connectivity index (χ2v) is 7.39. The SMILES string of the molecule is N#CC1(C(O)c2cc(Br)c(Cl)s2)CCOc2ccccc21. The molecular weight excluding hydrogens is 374 g/mol. The van der Waals surface area contributed by atoms with Crippen LogP contribution in [-0.2, 0) is 5.41 Å². The van der Waals surface area contributed by atoms with Gasteiger partial charge in [0.15, 0.2) is 0 Å². The smallest absolute Gasteiger partial charge is 0.124 e. The standard InChI is InChI=1S/C15H11BrClNO2S/c16-10-7-12(21-14(10)17)13(19)15(8-18)5-6-20-11-4-2-1-3-9(11)15/h1-4,7,13,19H,5-6H2. The molecule has 1 aromatic heterocycles. The van der Waals surface area contributed by atoms with Crippen molar-refractivity contribution in [1.29, 1.82) is 5.26 Å². The monoisotopic (exact) mass is 383 g/mol. The fourth-order valence-electron chi connectivity index (χ4n) is 2.62. The lowest BCUT2D eigenvalue weighted by Crippen LogP contribution is -2.37. The van der Waals surface area contributed by atoms with Crippen molar-refractivity contribution in [2.24, 2.45) is 0 Å². The lowest BCUT2D eigenvalue weighted by molar-refractivity contribution is 0.0834. The molecule has 1 aliphatic heterocycles. The summed E-state index contributed by atoms with van der Waals surface area (Å²) in [6, 6.07) is 11.5. The number of nitriles is 1. The minimum Gasteiger partial charge on any atom is -0.493 e. The zero-order valence-corrected chi connectivity index (χ0v) is 14.0. The van der Waals surface area contributed by atoms with Gasteiger partial charge in [-0.25, -0.2) is 0 Å². The van der Waals surface area contributed by atoms with Crippen molar-refractivity contribution < 1.29 is 9.84 Å². The second-order valence-electron chi connectivity index (χ2n) is 4.85. The average molecular weight is 385 g/mol. The first-order valence-corrected chi connectivity index (χ1v) is 8.33. The van der Waals surface area contributed by atoms with Gasteiger partial charge in [-0.3, -0.25) is 0 Å². The molecule has 3 rings (SSSR count). The fourth-order valence-corrected chi connectivity index (χ4v) is 4.44. The number of hydrogen-bond acceptors (Lipinski definition) is 4. The maximum Gasteiger partial charge on any atom is 0.124 e. The average Bonchev–Trinajstić information content (AvgIpc) is 2.85. The van der Waals surface area contributed by atoms with Crippen LogP contribution in [0.1, 0.15) is 23.0 Å². The predicted octanol–water partition coefficient (Wildman–Crippen LogP) is 4.44. The number of hydrogen-bond donors (Lipinski definition) is 1. The van der Waals surface area contributed by atoms with Gasteiger partial charge in [0.1, 0.15) is 21.6 Å². The van der Waals surface area contributed by atoms with Crippen LogP contribution < -0.4 is 4.74 Å². The Morgan fingerprint density at radius 3 is 2.90 bits per heavy atom. The van der Waals surface area contributed by atoms with E-state index < -0.39 is 11.5 Å². The number of thiophene rings is 1. The molecule has 21 heavy (non-hydrogen) atoms. The summed E-state index contributed by atoms with van der Waals surface area (Å²) in [7, 11) is 0. The zero-order valence-electron chi connectivity index (χ0n) is 10.8. The van der Waals surface area contributed by atoms with E-state index in [1.165, 1.54) is 11.3 Å². The molecule has 0 amide bonds. The van der Waals surface area contributed by atoms with Gasteiger partial charge in [-0.15, -0.1) is 11.3 Å². The molecule has 3 nitrogen and oxygen atoms in total. The molecule has 108 valence electrons. The van der Waals surface area contributed by atoms with Gasteiger partial charge in [0.05, 0.1) is 12.7 Å². The van der Waals surface area contributed by atoms with Crippen molar-refractivity contribution in [3.05, 3.63) is 49.6 Å². The number of nitrogens with zero attached hydrogens (tertiary/aromatic N) is 1. The number of rotatable bonds is 2. The Morgan fingerprint density at radius 2 is 2.24 bits per heavy atom. The topological polar surface area (TPSA) is 53.2 Å². The molecule has 0 saturated heterocycles. The molecule has 6 heteroatoms. The van der Waals surface area contributed by atoms with Crippen molar-refractivity contribution in [3.8, 4) is 11.8 Å². The van der Waals surface area contributed by atoms with Crippen LogP contribution in [0.15, 0.2) is 34.8 Å². The molecule has 0 aliphatic carbocycles. The van der Waals surface area contributed by atoms with E-state index in [1.54, 1.807) is 6.07 Å². The Morgan fingerprint density at radius 1 is 1.48 bits per heavy atom. The molecule has 1 aromatic carbocycles. The van der Waals surface area contributed by atoms with Crippen LogP contribution in [0.2, 0.25) is 4.34 Å².